The zero-order chi connectivity index (χ0) is 17.6. The number of benzene rings is 2. The lowest BCUT2D eigenvalue weighted by atomic mass is 10.1. The Balaban J connectivity index is 1.58. The van der Waals surface area contributed by atoms with E-state index >= 15 is 0 Å². The van der Waals surface area contributed by atoms with Gasteiger partial charge in [0.1, 0.15) is 5.75 Å². The molecule has 1 heterocycles. The van der Waals surface area contributed by atoms with E-state index in [9.17, 15) is 4.79 Å². The van der Waals surface area contributed by atoms with Crippen LogP contribution in [0.5, 0.6) is 5.75 Å². The molecule has 1 N–H and O–H groups in total. The van der Waals surface area contributed by atoms with E-state index in [0.717, 1.165) is 22.4 Å². The molecule has 0 saturated carbocycles. The van der Waals surface area contributed by atoms with Gasteiger partial charge >= 0.3 is 0 Å². The molecular formula is C20H21N3O2. The van der Waals surface area contributed by atoms with Gasteiger partial charge in [0, 0.05) is 18.9 Å². The molecule has 5 nitrogen and oxygen atoms in total. The van der Waals surface area contributed by atoms with Crippen molar-refractivity contribution in [3.8, 4) is 11.4 Å². The highest BCUT2D eigenvalue weighted by atomic mass is 16.5. The number of carbonyl (C=O) groups is 1. The number of nitrogens with one attached hydrogen (secondary N) is 1. The lowest BCUT2D eigenvalue weighted by Crippen LogP contribution is -2.28. The Hall–Kier alpha value is -3.08. The van der Waals surface area contributed by atoms with Crippen LogP contribution in [-0.4, -0.2) is 22.1 Å². The first-order valence-electron chi connectivity index (χ1n) is 8.16. The molecule has 0 spiro atoms. The second kappa shape index (κ2) is 7.66. The van der Waals surface area contributed by atoms with Gasteiger partial charge in [-0.15, -0.1) is 0 Å². The average Bonchev–Trinajstić information content (AvgIpc) is 3.12. The number of para-hydroxylation sites is 1. The van der Waals surface area contributed by atoms with E-state index in [4.69, 9.17) is 4.74 Å². The number of rotatable bonds is 6. The molecule has 0 aliphatic rings. The molecule has 3 aromatic rings. The number of ether oxygens (including phenoxy) is 1. The highest BCUT2D eigenvalue weighted by molar-refractivity contribution is 5.77. The summed E-state index contributed by atoms with van der Waals surface area (Å²) in [6.45, 7) is 4.44. The van der Waals surface area contributed by atoms with Crippen LogP contribution in [0.25, 0.3) is 5.69 Å². The van der Waals surface area contributed by atoms with Crippen molar-refractivity contribution in [1.29, 1.82) is 0 Å². The summed E-state index contributed by atoms with van der Waals surface area (Å²) in [6, 6.07) is 13.8. The zero-order valence-corrected chi connectivity index (χ0v) is 14.4. The van der Waals surface area contributed by atoms with Gasteiger partial charge in [-0.2, -0.15) is 0 Å². The van der Waals surface area contributed by atoms with Gasteiger partial charge < -0.3 is 14.6 Å². The van der Waals surface area contributed by atoms with Crippen molar-refractivity contribution in [1.82, 2.24) is 14.9 Å². The number of hydrogen-bond acceptors (Lipinski definition) is 3. The Kier molecular flexibility index (Phi) is 5.14. The van der Waals surface area contributed by atoms with Gasteiger partial charge in [-0.05, 0) is 48.7 Å². The highest BCUT2D eigenvalue weighted by Gasteiger charge is 2.07. The Labute approximate surface area is 147 Å². The molecule has 0 saturated heterocycles. The predicted molar refractivity (Wildman–Crippen MR) is 96.8 cm³/mol. The standard InChI is InChI=1S/C20H21N3O2/c1-15-9-16(2)11-18(10-15)25-13-20(24)22-12-17-5-3-4-6-19(17)23-8-7-21-14-23/h3-11,14H,12-13H2,1-2H3,(H,22,24). The third kappa shape index (κ3) is 4.47. The van der Waals surface area contributed by atoms with Crippen molar-refractivity contribution in [2.75, 3.05) is 6.61 Å². The summed E-state index contributed by atoms with van der Waals surface area (Å²) in [4.78, 5) is 16.2. The van der Waals surface area contributed by atoms with Crippen LogP contribution in [0.1, 0.15) is 16.7 Å². The zero-order valence-electron chi connectivity index (χ0n) is 14.4. The van der Waals surface area contributed by atoms with Crippen LogP contribution in [0.15, 0.2) is 61.2 Å². The molecule has 5 heteroatoms. The first kappa shape index (κ1) is 16.8. The molecule has 3 rings (SSSR count). The van der Waals surface area contributed by atoms with Crippen LogP contribution in [0.2, 0.25) is 0 Å². The number of amides is 1. The van der Waals surface area contributed by atoms with Crippen molar-refractivity contribution in [3.05, 3.63) is 77.9 Å². The molecule has 128 valence electrons. The van der Waals surface area contributed by atoms with Gasteiger partial charge in [0.25, 0.3) is 5.91 Å². The third-order valence-corrected chi connectivity index (χ3v) is 3.82. The summed E-state index contributed by atoms with van der Waals surface area (Å²) in [6.07, 6.45) is 5.35. The maximum absolute atomic E-state index is 12.1. The molecule has 25 heavy (non-hydrogen) atoms. The smallest absolute Gasteiger partial charge is 0.258 e. The van der Waals surface area contributed by atoms with E-state index in [1.165, 1.54) is 0 Å². The van der Waals surface area contributed by atoms with E-state index in [0.29, 0.717) is 12.3 Å². The first-order chi connectivity index (χ1) is 12.1. The fourth-order valence-corrected chi connectivity index (χ4v) is 2.72. The van der Waals surface area contributed by atoms with Crippen LogP contribution in [0.4, 0.5) is 0 Å². The van der Waals surface area contributed by atoms with Gasteiger partial charge in [-0.1, -0.05) is 24.3 Å². The molecular weight excluding hydrogens is 314 g/mol. The largest absolute Gasteiger partial charge is 0.484 e. The lowest BCUT2D eigenvalue weighted by Gasteiger charge is -2.12. The van der Waals surface area contributed by atoms with Crippen molar-refractivity contribution >= 4 is 5.91 Å². The second-order valence-electron chi connectivity index (χ2n) is 5.99. The minimum absolute atomic E-state index is 0.00383. The van der Waals surface area contributed by atoms with Crippen molar-refractivity contribution in [3.63, 3.8) is 0 Å². The van der Waals surface area contributed by atoms with Crippen LogP contribution in [0, 0.1) is 13.8 Å². The topological polar surface area (TPSA) is 56.1 Å². The van der Waals surface area contributed by atoms with E-state index < -0.39 is 0 Å². The van der Waals surface area contributed by atoms with E-state index in [2.05, 4.69) is 16.4 Å². The number of aryl methyl sites for hydroxylation is 2. The molecule has 0 aliphatic heterocycles. The van der Waals surface area contributed by atoms with Crippen LogP contribution in [0.3, 0.4) is 0 Å². The number of nitrogens with zero attached hydrogens (tertiary/aromatic N) is 2. The maximum Gasteiger partial charge on any atom is 0.258 e. The van der Waals surface area contributed by atoms with Crippen molar-refractivity contribution in [2.24, 2.45) is 0 Å². The summed E-state index contributed by atoms with van der Waals surface area (Å²) < 4.78 is 7.52. The fourth-order valence-electron chi connectivity index (χ4n) is 2.72. The third-order valence-electron chi connectivity index (χ3n) is 3.82. The lowest BCUT2D eigenvalue weighted by molar-refractivity contribution is -0.123. The maximum atomic E-state index is 12.1. The average molecular weight is 335 g/mol. The monoisotopic (exact) mass is 335 g/mol. The van der Waals surface area contributed by atoms with Crippen molar-refractivity contribution < 1.29 is 9.53 Å². The molecule has 0 aliphatic carbocycles. The minimum Gasteiger partial charge on any atom is -0.484 e. The highest BCUT2D eigenvalue weighted by Crippen LogP contribution is 2.16. The molecule has 2 aromatic carbocycles. The van der Waals surface area contributed by atoms with Crippen molar-refractivity contribution in [2.45, 2.75) is 20.4 Å². The fraction of sp³-hybridized carbons (Fsp3) is 0.200. The normalized spacial score (nSPS) is 10.5. The quantitative estimate of drug-likeness (QED) is 0.753. The van der Waals surface area contributed by atoms with E-state index in [1.54, 1.807) is 12.5 Å². The number of carbonyl (C=O) groups excluding carboxylic acids is 1. The number of aromatic nitrogens is 2. The molecule has 0 fully saturated rings. The van der Waals surface area contributed by atoms with Gasteiger partial charge in [0.15, 0.2) is 6.61 Å². The predicted octanol–water partition coefficient (Wildman–Crippen LogP) is 3.18. The molecule has 0 radical (unpaired) electrons. The summed E-state index contributed by atoms with van der Waals surface area (Å²) in [5.74, 6) is 0.561. The molecule has 0 bridgehead atoms. The number of hydrogen-bond donors (Lipinski definition) is 1. The molecule has 0 unspecified atom stereocenters. The van der Waals surface area contributed by atoms with Crippen LogP contribution in [-0.2, 0) is 11.3 Å². The minimum atomic E-state index is -0.153. The van der Waals surface area contributed by atoms with Gasteiger partial charge in [0.2, 0.25) is 0 Å². The van der Waals surface area contributed by atoms with Crippen LogP contribution >= 0.6 is 0 Å². The molecule has 0 atom stereocenters. The molecule has 1 amide bonds. The summed E-state index contributed by atoms with van der Waals surface area (Å²) >= 11 is 0. The van der Waals surface area contributed by atoms with Gasteiger partial charge in [-0.25, -0.2) is 4.98 Å². The summed E-state index contributed by atoms with van der Waals surface area (Å²) in [5.41, 5.74) is 4.24. The van der Waals surface area contributed by atoms with E-state index in [1.807, 2.05) is 61.0 Å². The van der Waals surface area contributed by atoms with Crippen LogP contribution < -0.4 is 10.1 Å². The Morgan fingerprint density at radius 2 is 1.92 bits per heavy atom. The Bertz CT molecular complexity index is 837. The first-order valence-corrected chi connectivity index (χ1v) is 8.16. The van der Waals surface area contributed by atoms with Gasteiger partial charge in [0.05, 0.1) is 12.0 Å². The van der Waals surface area contributed by atoms with E-state index in [-0.39, 0.29) is 12.5 Å². The Morgan fingerprint density at radius 3 is 2.64 bits per heavy atom. The SMILES string of the molecule is Cc1cc(C)cc(OCC(=O)NCc2ccccc2-n2ccnc2)c1. The second-order valence-corrected chi connectivity index (χ2v) is 5.99. The number of imidazole rings is 1. The van der Waals surface area contributed by atoms with Gasteiger partial charge in [-0.3, -0.25) is 4.79 Å². The summed E-state index contributed by atoms with van der Waals surface area (Å²) in [5, 5.41) is 2.90. The molecule has 1 aromatic heterocycles. The Morgan fingerprint density at radius 1 is 1.16 bits per heavy atom. The summed E-state index contributed by atoms with van der Waals surface area (Å²) in [7, 11) is 0.